The van der Waals surface area contributed by atoms with Crippen LogP contribution in [0.25, 0.3) is 0 Å². The van der Waals surface area contributed by atoms with Gasteiger partial charge in [0.05, 0.1) is 4.90 Å². The Labute approximate surface area is 167 Å². The second-order valence-electron chi connectivity index (χ2n) is 6.82. The van der Waals surface area contributed by atoms with Gasteiger partial charge in [-0.15, -0.1) is 0 Å². The summed E-state index contributed by atoms with van der Waals surface area (Å²) in [6, 6.07) is 9.99. The number of amides is 1. The van der Waals surface area contributed by atoms with Gasteiger partial charge < -0.3 is 10.1 Å². The molecule has 2 aromatic carbocycles. The predicted molar refractivity (Wildman–Crippen MR) is 111 cm³/mol. The first-order valence-electron chi connectivity index (χ1n) is 9.33. The van der Waals surface area contributed by atoms with Crippen LogP contribution in [0.5, 0.6) is 5.75 Å². The molecule has 2 aromatic rings. The third-order valence-electron chi connectivity index (χ3n) is 4.43. The summed E-state index contributed by atoms with van der Waals surface area (Å²) in [4.78, 5) is 11.9. The minimum atomic E-state index is -3.71. The molecule has 0 atom stereocenters. The van der Waals surface area contributed by atoms with Crippen molar-refractivity contribution < 1.29 is 17.9 Å². The van der Waals surface area contributed by atoms with Crippen LogP contribution in [-0.2, 0) is 14.8 Å². The lowest BCUT2D eigenvalue weighted by Crippen LogP contribution is -2.29. The first-order chi connectivity index (χ1) is 13.2. The number of benzene rings is 2. The fourth-order valence-corrected chi connectivity index (χ4v) is 3.70. The van der Waals surface area contributed by atoms with Crippen molar-refractivity contribution in [1.29, 1.82) is 0 Å². The van der Waals surface area contributed by atoms with E-state index in [0.717, 1.165) is 24.0 Å². The highest BCUT2D eigenvalue weighted by molar-refractivity contribution is 7.92. The van der Waals surface area contributed by atoms with Crippen LogP contribution in [0.1, 0.15) is 36.5 Å². The third-order valence-corrected chi connectivity index (χ3v) is 5.81. The summed E-state index contributed by atoms with van der Waals surface area (Å²) in [5.74, 6) is 0.289. The molecule has 0 aliphatic heterocycles. The highest BCUT2D eigenvalue weighted by atomic mass is 32.2. The SMILES string of the molecule is CCCCNC(=O)COc1ccc(S(=O)(=O)Nc2ccc(C)c(C)c2)cc1C. The molecule has 152 valence electrons. The molecule has 0 aromatic heterocycles. The van der Waals surface area contributed by atoms with Gasteiger partial charge in [-0.25, -0.2) is 8.42 Å². The number of anilines is 1. The van der Waals surface area contributed by atoms with Gasteiger partial charge in [-0.05, 0) is 74.2 Å². The van der Waals surface area contributed by atoms with E-state index in [0.29, 0.717) is 23.5 Å². The Morgan fingerprint density at radius 3 is 2.39 bits per heavy atom. The molecule has 0 saturated carbocycles. The quantitative estimate of drug-likeness (QED) is 0.624. The van der Waals surface area contributed by atoms with Crippen LogP contribution < -0.4 is 14.8 Å². The fourth-order valence-electron chi connectivity index (χ4n) is 2.57. The maximum atomic E-state index is 12.7. The number of hydrogen-bond acceptors (Lipinski definition) is 4. The lowest BCUT2D eigenvalue weighted by atomic mass is 10.1. The van der Waals surface area contributed by atoms with E-state index in [4.69, 9.17) is 4.74 Å². The van der Waals surface area contributed by atoms with Gasteiger partial charge in [0.15, 0.2) is 6.61 Å². The Kier molecular flexibility index (Phi) is 7.45. The summed E-state index contributed by atoms with van der Waals surface area (Å²) >= 11 is 0. The van der Waals surface area contributed by atoms with Crippen LogP contribution in [0.3, 0.4) is 0 Å². The summed E-state index contributed by atoms with van der Waals surface area (Å²) < 4.78 is 33.4. The number of carbonyl (C=O) groups excluding carboxylic acids is 1. The summed E-state index contributed by atoms with van der Waals surface area (Å²) in [5, 5.41) is 2.77. The monoisotopic (exact) mass is 404 g/mol. The topological polar surface area (TPSA) is 84.5 Å². The Bertz CT molecular complexity index is 939. The molecule has 7 heteroatoms. The third kappa shape index (κ3) is 5.99. The Balaban J connectivity index is 2.05. The van der Waals surface area contributed by atoms with Crippen LogP contribution in [-0.4, -0.2) is 27.5 Å². The maximum Gasteiger partial charge on any atom is 0.261 e. The molecule has 0 radical (unpaired) electrons. The zero-order valence-corrected chi connectivity index (χ0v) is 17.7. The van der Waals surface area contributed by atoms with Gasteiger partial charge in [0.25, 0.3) is 15.9 Å². The Morgan fingerprint density at radius 1 is 1.00 bits per heavy atom. The maximum absolute atomic E-state index is 12.7. The van der Waals surface area contributed by atoms with Crippen LogP contribution in [0.2, 0.25) is 0 Å². The van der Waals surface area contributed by atoms with Crippen molar-refractivity contribution in [3.05, 3.63) is 53.1 Å². The van der Waals surface area contributed by atoms with E-state index < -0.39 is 10.0 Å². The number of nitrogens with one attached hydrogen (secondary N) is 2. The number of aryl methyl sites for hydroxylation is 3. The minimum absolute atomic E-state index is 0.0997. The molecule has 28 heavy (non-hydrogen) atoms. The average molecular weight is 405 g/mol. The molecule has 0 aliphatic rings. The van der Waals surface area contributed by atoms with Gasteiger partial charge in [0, 0.05) is 12.2 Å². The van der Waals surface area contributed by atoms with E-state index in [1.807, 2.05) is 19.9 Å². The predicted octanol–water partition coefficient (Wildman–Crippen LogP) is 3.71. The molecule has 0 aliphatic carbocycles. The van der Waals surface area contributed by atoms with Crippen molar-refractivity contribution in [2.24, 2.45) is 0 Å². The van der Waals surface area contributed by atoms with Crippen molar-refractivity contribution in [2.45, 2.75) is 45.4 Å². The second-order valence-corrected chi connectivity index (χ2v) is 8.51. The van der Waals surface area contributed by atoms with E-state index in [9.17, 15) is 13.2 Å². The Morgan fingerprint density at radius 2 is 1.75 bits per heavy atom. The normalized spacial score (nSPS) is 11.1. The molecule has 0 heterocycles. The van der Waals surface area contributed by atoms with Crippen molar-refractivity contribution in [2.75, 3.05) is 17.9 Å². The van der Waals surface area contributed by atoms with Crippen LogP contribution >= 0.6 is 0 Å². The number of sulfonamides is 1. The van der Waals surface area contributed by atoms with Gasteiger partial charge >= 0.3 is 0 Å². The standard InChI is InChI=1S/C21H28N2O4S/c1-5-6-11-22-21(24)14-27-20-10-9-19(13-17(20)4)28(25,26)23-18-8-7-15(2)16(3)12-18/h7-10,12-13,23H,5-6,11,14H2,1-4H3,(H,22,24). The second kappa shape index (κ2) is 9.59. The summed E-state index contributed by atoms with van der Waals surface area (Å²) in [7, 11) is -3.71. The van der Waals surface area contributed by atoms with E-state index in [1.165, 1.54) is 12.1 Å². The lowest BCUT2D eigenvalue weighted by Gasteiger charge is -2.13. The van der Waals surface area contributed by atoms with Crippen LogP contribution in [0.4, 0.5) is 5.69 Å². The molecule has 6 nitrogen and oxygen atoms in total. The van der Waals surface area contributed by atoms with E-state index >= 15 is 0 Å². The van der Waals surface area contributed by atoms with E-state index in [1.54, 1.807) is 25.1 Å². The molecule has 2 N–H and O–H groups in total. The van der Waals surface area contributed by atoms with Gasteiger partial charge in [-0.1, -0.05) is 19.4 Å². The lowest BCUT2D eigenvalue weighted by molar-refractivity contribution is -0.123. The zero-order valence-electron chi connectivity index (χ0n) is 16.8. The highest BCUT2D eigenvalue weighted by Gasteiger charge is 2.16. The number of hydrogen-bond donors (Lipinski definition) is 2. The van der Waals surface area contributed by atoms with Crippen molar-refractivity contribution in [3.8, 4) is 5.75 Å². The largest absolute Gasteiger partial charge is 0.484 e. The number of ether oxygens (including phenoxy) is 1. The van der Waals surface area contributed by atoms with Crippen molar-refractivity contribution in [1.82, 2.24) is 5.32 Å². The van der Waals surface area contributed by atoms with Gasteiger partial charge in [0.2, 0.25) is 0 Å². The van der Waals surface area contributed by atoms with Crippen LogP contribution in [0, 0.1) is 20.8 Å². The zero-order chi connectivity index (χ0) is 20.7. The van der Waals surface area contributed by atoms with Crippen molar-refractivity contribution in [3.63, 3.8) is 0 Å². The minimum Gasteiger partial charge on any atom is -0.484 e. The van der Waals surface area contributed by atoms with Gasteiger partial charge in [-0.3, -0.25) is 9.52 Å². The Hall–Kier alpha value is -2.54. The molecule has 0 spiro atoms. The van der Waals surface area contributed by atoms with Crippen LogP contribution in [0.15, 0.2) is 41.3 Å². The summed E-state index contributed by atoms with van der Waals surface area (Å²) in [6.45, 7) is 8.23. The first kappa shape index (κ1) is 21.8. The molecule has 0 unspecified atom stereocenters. The van der Waals surface area contributed by atoms with E-state index in [-0.39, 0.29) is 17.4 Å². The molecule has 0 saturated heterocycles. The van der Waals surface area contributed by atoms with Gasteiger partial charge in [0.1, 0.15) is 5.75 Å². The number of carbonyl (C=O) groups is 1. The first-order valence-corrected chi connectivity index (χ1v) is 10.8. The fraction of sp³-hybridized carbons (Fsp3) is 0.381. The molecule has 0 fully saturated rings. The van der Waals surface area contributed by atoms with Crippen molar-refractivity contribution >= 4 is 21.6 Å². The van der Waals surface area contributed by atoms with Gasteiger partial charge in [-0.2, -0.15) is 0 Å². The van der Waals surface area contributed by atoms with E-state index in [2.05, 4.69) is 17.0 Å². The molecular weight excluding hydrogens is 376 g/mol. The molecule has 2 rings (SSSR count). The summed E-state index contributed by atoms with van der Waals surface area (Å²) in [6.07, 6.45) is 1.93. The summed E-state index contributed by atoms with van der Waals surface area (Å²) in [5.41, 5.74) is 3.27. The molecule has 0 bridgehead atoms. The molecular formula is C21H28N2O4S. The smallest absolute Gasteiger partial charge is 0.261 e. The highest BCUT2D eigenvalue weighted by Crippen LogP contribution is 2.24. The average Bonchev–Trinajstić information content (AvgIpc) is 2.63. The number of rotatable bonds is 9. The number of unbranched alkanes of at least 4 members (excludes halogenated alkanes) is 1. The molecule has 1 amide bonds.